The van der Waals surface area contributed by atoms with Crippen LogP contribution in [0.1, 0.15) is 0 Å². The molecule has 4 nitrogen and oxygen atoms in total. The third-order valence-electron chi connectivity index (χ3n) is 1.17. The maximum absolute atomic E-state index is 8.92. The van der Waals surface area contributed by atoms with E-state index in [9.17, 15) is 0 Å². The number of nitrogens with zero attached hydrogens (tertiary/aromatic N) is 2. The summed E-state index contributed by atoms with van der Waals surface area (Å²) in [7, 11) is 0. The van der Waals surface area contributed by atoms with Gasteiger partial charge in [-0.05, 0) is 6.07 Å². The molecule has 2 N–H and O–H groups in total. The van der Waals surface area contributed by atoms with Crippen LogP contribution in [0.4, 0.5) is 0 Å². The molecule has 1 heterocycles. The van der Waals surface area contributed by atoms with Crippen LogP contribution in [-0.2, 0) is 6.54 Å². The lowest BCUT2D eigenvalue weighted by atomic mass is 10.4. The molecule has 0 aliphatic rings. The summed E-state index contributed by atoms with van der Waals surface area (Å²) in [6.45, 7) is 0.128. The van der Waals surface area contributed by atoms with Crippen LogP contribution in [0.2, 0.25) is 0 Å². The molecule has 56 valence electrons. The Morgan fingerprint density at radius 1 is 1.60 bits per heavy atom. The molecule has 0 bridgehead atoms. The zero-order chi connectivity index (χ0) is 7.40. The van der Waals surface area contributed by atoms with Gasteiger partial charge in [0, 0.05) is 12.4 Å². The van der Waals surface area contributed by atoms with Crippen LogP contribution in [0.5, 0.6) is 0 Å². The molecule has 0 saturated carbocycles. The smallest absolute Gasteiger partial charge is 0.0966 e. The van der Waals surface area contributed by atoms with Gasteiger partial charge in [0.2, 0.25) is 0 Å². The quantitative estimate of drug-likeness (QED) is 0.583. The van der Waals surface area contributed by atoms with Crippen molar-refractivity contribution in [3.63, 3.8) is 0 Å². The SMILES string of the molecule is OCC(O)Cn1cccn1. The molecule has 1 aromatic rings. The first kappa shape index (κ1) is 7.24. The van der Waals surface area contributed by atoms with E-state index in [-0.39, 0.29) is 6.61 Å². The van der Waals surface area contributed by atoms with Gasteiger partial charge in [0.1, 0.15) is 0 Å². The molecule has 0 aliphatic heterocycles. The van der Waals surface area contributed by atoms with Crippen molar-refractivity contribution in [1.82, 2.24) is 9.78 Å². The first-order chi connectivity index (χ1) is 4.83. The highest BCUT2D eigenvalue weighted by Gasteiger charge is 2.01. The van der Waals surface area contributed by atoms with Gasteiger partial charge in [-0.3, -0.25) is 4.68 Å². The molecule has 10 heavy (non-hydrogen) atoms. The van der Waals surface area contributed by atoms with Crippen LogP contribution in [0.3, 0.4) is 0 Å². The molecule has 0 amide bonds. The Hall–Kier alpha value is -0.870. The third-order valence-corrected chi connectivity index (χ3v) is 1.17. The molecule has 0 fully saturated rings. The van der Waals surface area contributed by atoms with E-state index in [2.05, 4.69) is 5.10 Å². The van der Waals surface area contributed by atoms with Gasteiger partial charge < -0.3 is 10.2 Å². The standard InChI is InChI=1S/C6H10N2O2/c9-5-6(10)4-8-3-1-2-7-8/h1-3,6,9-10H,4-5H2. The van der Waals surface area contributed by atoms with Crippen LogP contribution >= 0.6 is 0 Å². The number of hydrogen-bond donors (Lipinski definition) is 2. The minimum Gasteiger partial charge on any atom is -0.394 e. The molecule has 1 aromatic heterocycles. The second kappa shape index (κ2) is 3.34. The van der Waals surface area contributed by atoms with Gasteiger partial charge >= 0.3 is 0 Å². The summed E-state index contributed by atoms with van der Waals surface area (Å²) in [6, 6.07) is 1.77. The van der Waals surface area contributed by atoms with E-state index in [1.54, 1.807) is 23.1 Å². The first-order valence-electron chi connectivity index (χ1n) is 3.09. The average Bonchev–Trinajstić information content (AvgIpc) is 2.40. The number of rotatable bonds is 3. The highest BCUT2D eigenvalue weighted by Crippen LogP contribution is 1.88. The number of hydrogen-bond acceptors (Lipinski definition) is 3. The van der Waals surface area contributed by atoms with Crippen molar-refractivity contribution in [2.75, 3.05) is 6.61 Å². The lowest BCUT2D eigenvalue weighted by molar-refractivity contribution is 0.0782. The largest absolute Gasteiger partial charge is 0.394 e. The van der Waals surface area contributed by atoms with E-state index < -0.39 is 6.10 Å². The Balaban J connectivity index is 2.40. The van der Waals surface area contributed by atoms with Gasteiger partial charge in [0.15, 0.2) is 0 Å². The van der Waals surface area contributed by atoms with Crippen LogP contribution in [0, 0.1) is 0 Å². The fourth-order valence-electron chi connectivity index (χ4n) is 0.682. The molecule has 4 heteroatoms. The second-order valence-corrected chi connectivity index (χ2v) is 2.06. The monoisotopic (exact) mass is 142 g/mol. The number of aromatic nitrogens is 2. The van der Waals surface area contributed by atoms with E-state index in [4.69, 9.17) is 10.2 Å². The predicted molar refractivity (Wildman–Crippen MR) is 35.3 cm³/mol. The van der Waals surface area contributed by atoms with Gasteiger partial charge in [-0.15, -0.1) is 0 Å². The minimum absolute atomic E-state index is 0.222. The highest BCUT2D eigenvalue weighted by atomic mass is 16.3. The summed E-state index contributed by atoms with van der Waals surface area (Å²) >= 11 is 0. The van der Waals surface area contributed by atoms with Crippen LogP contribution in [-0.4, -0.2) is 32.7 Å². The summed E-state index contributed by atoms with van der Waals surface area (Å²) in [4.78, 5) is 0. The third kappa shape index (κ3) is 1.82. The fraction of sp³-hybridized carbons (Fsp3) is 0.500. The van der Waals surface area contributed by atoms with Crippen molar-refractivity contribution in [1.29, 1.82) is 0 Å². The lowest BCUT2D eigenvalue weighted by Gasteiger charge is -2.05. The zero-order valence-electron chi connectivity index (χ0n) is 5.51. The molecule has 0 aromatic carbocycles. The summed E-state index contributed by atoms with van der Waals surface area (Å²) in [5.41, 5.74) is 0. The molecular formula is C6H10N2O2. The van der Waals surface area contributed by atoms with Crippen LogP contribution in [0.15, 0.2) is 18.5 Å². The predicted octanol–water partition coefficient (Wildman–Crippen LogP) is -0.764. The van der Waals surface area contributed by atoms with E-state index in [1.165, 1.54) is 0 Å². The lowest BCUT2D eigenvalue weighted by Crippen LogP contribution is -2.19. The van der Waals surface area contributed by atoms with Gasteiger partial charge in [-0.2, -0.15) is 5.10 Å². The Kier molecular flexibility index (Phi) is 2.42. The molecular weight excluding hydrogens is 132 g/mol. The Labute approximate surface area is 58.7 Å². The number of aliphatic hydroxyl groups is 2. The van der Waals surface area contributed by atoms with Gasteiger partial charge in [-0.1, -0.05) is 0 Å². The Bertz CT molecular complexity index is 174. The first-order valence-corrected chi connectivity index (χ1v) is 3.09. The second-order valence-electron chi connectivity index (χ2n) is 2.06. The van der Waals surface area contributed by atoms with Crippen LogP contribution < -0.4 is 0 Å². The molecule has 0 saturated heterocycles. The maximum atomic E-state index is 8.92. The van der Waals surface area contributed by atoms with Crippen molar-refractivity contribution in [2.45, 2.75) is 12.6 Å². The normalized spacial score (nSPS) is 13.4. The Morgan fingerprint density at radius 3 is 2.90 bits per heavy atom. The summed E-state index contributed by atoms with van der Waals surface area (Å²) in [5, 5.41) is 21.2. The topological polar surface area (TPSA) is 58.3 Å². The van der Waals surface area contributed by atoms with E-state index in [0.29, 0.717) is 6.54 Å². The highest BCUT2D eigenvalue weighted by molar-refractivity contribution is 4.78. The van der Waals surface area contributed by atoms with Crippen molar-refractivity contribution in [2.24, 2.45) is 0 Å². The van der Waals surface area contributed by atoms with Gasteiger partial charge in [-0.25, -0.2) is 0 Å². The molecule has 1 unspecified atom stereocenters. The molecule has 1 atom stereocenters. The van der Waals surface area contributed by atoms with Crippen molar-refractivity contribution < 1.29 is 10.2 Å². The van der Waals surface area contributed by atoms with Crippen molar-refractivity contribution in [3.8, 4) is 0 Å². The summed E-state index contributed by atoms with van der Waals surface area (Å²) in [5.74, 6) is 0. The van der Waals surface area contributed by atoms with Gasteiger partial charge in [0.25, 0.3) is 0 Å². The molecule has 0 radical (unpaired) electrons. The van der Waals surface area contributed by atoms with Gasteiger partial charge in [0.05, 0.1) is 19.3 Å². The maximum Gasteiger partial charge on any atom is 0.0966 e. The zero-order valence-corrected chi connectivity index (χ0v) is 5.51. The minimum atomic E-state index is -0.708. The van der Waals surface area contributed by atoms with Crippen molar-refractivity contribution >= 4 is 0 Å². The van der Waals surface area contributed by atoms with Crippen molar-refractivity contribution in [3.05, 3.63) is 18.5 Å². The summed E-state index contributed by atoms with van der Waals surface area (Å²) < 4.78 is 1.57. The van der Waals surface area contributed by atoms with Crippen LogP contribution in [0.25, 0.3) is 0 Å². The number of aliphatic hydroxyl groups excluding tert-OH is 2. The van der Waals surface area contributed by atoms with E-state index >= 15 is 0 Å². The fourth-order valence-corrected chi connectivity index (χ4v) is 0.682. The molecule has 1 rings (SSSR count). The Morgan fingerprint density at radius 2 is 2.40 bits per heavy atom. The van der Waals surface area contributed by atoms with E-state index in [1.807, 2.05) is 0 Å². The molecule has 0 aliphatic carbocycles. The molecule has 0 spiro atoms. The van der Waals surface area contributed by atoms with E-state index in [0.717, 1.165) is 0 Å². The average molecular weight is 142 g/mol. The summed E-state index contributed by atoms with van der Waals surface area (Å²) in [6.07, 6.45) is 2.66.